The van der Waals surface area contributed by atoms with Gasteiger partial charge in [-0.25, -0.2) is 4.68 Å². The highest BCUT2D eigenvalue weighted by Crippen LogP contribution is 2.24. The molecule has 0 spiro atoms. The number of hydrogen-bond acceptors (Lipinski definition) is 2. The van der Waals surface area contributed by atoms with Crippen LogP contribution in [0.4, 0.5) is 0 Å². The summed E-state index contributed by atoms with van der Waals surface area (Å²) in [7, 11) is 1.66. The van der Waals surface area contributed by atoms with Crippen LogP contribution in [0.25, 0.3) is 16.9 Å². The number of ether oxygens (including phenoxy) is 1. The van der Waals surface area contributed by atoms with Crippen LogP contribution in [0.3, 0.4) is 0 Å². The van der Waals surface area contributed by atoms with Gasteiger partial charge in [0, 0.05) is 6.07 Å². The van der Waals surface area contributed by atoms with Crippen LogP contribution in [0.5, 0.6) is 5.75 Å². The largest absolute Gasteiger partial charge is 0.494 e. The number of benzene rings is 2. The lowest BCUT2D eigenvalue weighted by Crippen LogP contribution is -1.99. The molecular weight excluding hydrogens is 268 g/mol. The van der Waals surface area contributed by atoms with Crippen molar-refractivity contribution in [3.63, 3.8) is 0 Å². The zero-order valence-corrected chi connectivity index (χ0v) is 11.9. The highest BCUT2D eigenvalue weighted by atomic mass is 32.1. The number of nitrogens with zero attached hydrogens (tertiary/aromatic N) is 1. The molecule has 0 aliphatic rings. The summed E-state index contributed by atoms with van der Waals surface area (Å²) in [6, 6.07) is 19.8. The van der Waals surface area contributed by atoms with Crippen LogP contribution < -0.4 is 4.74 Å². The Morgan fingerprint density at radius 3 is 2.45 bits per heavy atom. The van der Waals surface area contributed by atoms with E-state index in [2.05, 4.69) is 5.10 Å². The van der Waals surface area contributed by atoms with Crippen LogP contribution >= 0.6 is 12.2 Å². The molecule has 0 saturated heterocycles. The van der Waals surface area contributed by atoms with Crippen LogP contribution in [0.15, 0.2) is 60.7 Å². The summed E-state index contributed by atoms with van der Waals surface area (Å²) in [4.78, 5) is 0. The van der Waals surface area contributed by atoms with E-state index in [0.717, 1.165) is 22.7 Å². The van der Waals surface area contributed by atoms with Gasteiger partial charge in [0.15, 0.2) is 0 Å². The van der Waals surface area contributed by atoms with Crippen molar-refractivity contribution in [1.29, 1.82) is 0 Å². The topological polar surface area (TPSA) is 29.9 Å². The zero-order chi connectivity index (χ0) is 13.9. The van der Waals surface area contributed by atoms with Crippen LogP contribution in [-0.2, 0) is 0 Å². The smallest absolute Gasteiger partial charge is 0.144 e. The Hall–Kier alpha value is -2.33. The molecule has 3 rings (SSSR count). The molecule has 1 heterocycles. The van der Waals surface area contributed by atoms with Crippen molar-refractivity contribution in [1.82, 2.24) is 9.78 Å². The van der Waals surface area contributed by atoms with Gasteiger partial charge in [0.2, 0.25) is 0 Å². The lowest BCUT2D eigenvalue weighted by atomic mass is 10.2. The summed E-state index contributed by atoms with van der Waals surface area (Å²) >= 11 is 5.44. The predicted octanol–water partition coefficient (Wildman–Crippen LogP) is 4.21. The molecule has 0 aliphatic heterocycles. The van der Waals surface area contributed by atoms with E-state index in [1.54, 1.807) is 7.11 Å². The van der Waals surface area contributed by atoms with Crippen molar-refractivity contribution in [2.75, 3.05) is 7.11 Å². The Labute approximate surface area is 122 Å². The molecule has 2 aromatic carbocycles. The summed E-state index contributed by atoms with van der Waals surface area (Å²) < 4.78 is 7.96. The van der Waals surface area contributed by atoms with Crippen molar-refractivity contribution < 1.29 is 4.74 Å². The van der Waals surface area contributed by atoms with E-state index in [-0.39, 0.29) is 0 Å². The highest BCUT2D eigenvalue weighted by Gasteiger charge is 2.08. The quantitative estimate of drug-likeness (QED) is 0.729. The van der Waals surface area contributed by atoms with Gasteiger partial charge < -0.3 is 4.74 Å². The standard InChI is InChI=1S/C16H14N2OS/c1-19-15-10-6-5-9-14(15)18-16(20)11-13(17-18)12-7-3-2-4-8-12/h2-11,17H,1H3. The first-order valence-electron chi connectivity index (χ1n) is 6.30. The molecule has 0 radical (unpaired) electrons. The van der Waals surface area contributed by atoms with Crippen molar-refractivity contribution in [3.05, 3.63) is 65.3 Å². The van der Waals surface area contributed by atoms with Crippen molar-refractivity contribution in [2.45, 2.75) is 0 Å². The number of H-pyrrole nitrogens is 1. The summed E-state index contributed by atoms with van der Waals surface area (Å²) in [5.74, 6) is 0.782. The van der Waals surface area contributed by atoms with E-state index >= 15 is 0 Å². The summed E-state index contributed by atoms with van der Waals surface area (Å²) in [6.07, 6.45) is 0. The van der Waals surface area contributed by atoms with Crippen LogP contribution in [0.2, 0.25) is 0 Å². The van der Waals surface area contributed by atoms with Gasteiger partial charge in [-0.1, -0.05) is 54.7 Å². The van der Waals surface area contributed by atoms with Crippen molar-refractivity contribution in [2.24, 2.45) is 0 Å². The highest BCUT2D eigenvalue weighted by molar-refractivity contribution is 7.71. The number of aromatic amines is 1. The van der Waals surface area contributed by atoms with E-state index in [1.807, 2.05) is 65.3 Å². The predicted molar refractivity (Wildman–Crippen MR) is 82.9 cm³/mol. The fraction of sp³-hybridized carbons (Fsp3) is 0.0625. The molecule has 1 N–H and O–H groups in total. The van der Waals surface area contributed by atoms with Crippen LogP contribution in [-0.4, -0.2) is 16.9 Å². The lowest BCUT2D eigenvalue weighted by molar-refractivity contribution is 0.411. The van der Waals surface area contributed by atoms with Gasteiger partial charge in [-0.3, -0.25) is 5.10 Å². The molecule has 0 fully saturated rings. The number of aromatic nitrogens is 2. The maximum atomic E-state index is 5.44. The molecule has 100 valence electrons. The second kappa shape index (κ2) is 5.35. The summed E-state index contributed by atoms with van der Waals surface area (Å²) in [5.41, 5.74) is 3.00. The molecule has 0 atom stereocenters. The monoisotopic (exact) mass is 282 g/mol. The summed E-state index contributed by atoms with van der Waals surface area (Å²) in [5, 5.41) is 3.32. The molecule has 4 heteroatoms. The molecule has 0 saturated carbocycles. The number of nitrogens with one attached hydrogen (secondary N) is 1. The minimum absolute atomic E-state index is 0.716. The Balaban J connectivity index is 2.13. The minimum atomic E-state index is 0.716. The van der Waals surface area contributed by atoms with E-state index in [1.165, 1.54) is 0 Å². The van der Waals surface area contributed by atoms with E-state index in [0.29, 0.717) is 4.64 Å². The Bertz CT molecular complexity index is 774. The average molecular weight is 282 g/mol. The lowest BCUT2D eigenvalue weighted by Gasteiger charge is -2.08. The second-order valence-electron chi connectivity index (χ2n) is 4.38. The third-order valence-corrected chi connectivity index (χ3v) is 3.43. The molecule has 20 heavy (non-hydrogen) atoms. The fourth-order valence-corrected chi connectivity index (χ4v) is 2.42. The van der Waals surface area contributed by atoms with Crippen molar-refractivity contribution in [3.8, 4) is 22.7 Å². The summed E-state index contributed by atoms with van der Waals surface area (Å²) in [6.45, 7) is 0. The third kappa shape index (κ3) is 2.26. The normalized spacial score (nSPS) is 10.4. The first-order valence-corrected chi connectivity index (χ1v) is 6.71. The molecule has 0 aliphatic carbocycles. The van der Waals surface area contributed by atoms with Crippen LogP contribution in [0, 0.1) is 4.64 Å². The van der Waals surface area contributed by atoms with Gasteiger partial charge >= 0.3 is 0 Å². The first kappa shape index (κ1) is 12.7. The number of rotatable bonds is 3. The fourth-order valence-electron chi connectivity index (χ4n) is 2.15. The minimum Gasteiger partial charge on any atom is -0.494 e. The maximum Gasteiger partial charge on any atom is 0.144 e. The second-order valence-corrected chi connectivity index (χ2v) is 4.80. The van der Waals surface area contributed by atoms with Gasteiger partial charge in [0.25, 0.3) is 0 Å². The molecule has 0 amide bonds. The van der Waals surface area contributed by atoms with Gasteiger partial charge in [0.05, 0.1) is 12.8 Å². The van der Waals surface area contributed by atoms with E-state index < -0.39 is 0 Å². The van der Waals surface area contributed by atoms with Gasteiger partial charge in [-0.2, -0.15) is 0 Å². The van der Waals surface area contributed by atoms with Gasteiger partial charge in [-0.05, 0) is 17.7 Å². The molecule has 0 bridgehead atoms. The molecule has 3 nitrogen and oxygen atoms in total. The zero-order valence-electron chi connectivity index (χ0n) is 11.0. The average Bonchev–Trinajstić information content (AvgIpc) is 2.90. The van der Waals surface area contributed by atoms with Gasteiger partial charge in [-0.15, -0.1) is 0 Å². The Kier molecular flexibility index (Phi) is 3.39. The number of para-hydroxylation sites is 2. The van der Waals surface area contributed by atoms with E-state index in [9.17, 15) is 0 Å². The molecule has 1 aromatic heterocycles. The number of hydrogen-bond donors (Lipinski definition) is 1. The maximum absolute atomic E-state index is 5.44. The molecular formula is C16H14N2OS. The Morgan fingerprint density at radius 2 is 1.70 bits per heavy atom. The molecule has 0 unspecified atom stereocenters. The number of methoxy groups -OCH3 is 1. The van der Waals surface area contributed by atoms with Crippen molar-refractivity contribution >= 4 is 12.2 Å². The van der Waals surface area contributed by atoms with Crippen LogP contribution in [0.1, 0.15) is 0 Å². The third-order valence-electron chi connectivity index (χ3n) is 3.13. The molecule has 3 aromatic rings. The van der Waals surface area contributed by atoms with Gasteiger partial charge in [0.1, 0.15) is 16.1 Å². The first-order chi connectivity index (χ1) is 9.79. The SMILES string of the molecule is COc1ccccc1-n1[nH]c(-c2ccccc2)cc1=S. The van der Waals surface area contributed by atoms with E-state index in [4.69, 9.17) is 17.0 Å². The Morgan fingerprint density at radius 1 is 1.00 bits per heavy atom.